The molecule has 0 saturated carbocycles. The molecule has 0 aliphatic carbocycles. The third-order valence-electron chi connectivity index (χ3n) is 4.41. The largest absolute Gasteiger partial charge is 0.373 e. The van der Waals surface area contributed by atoms with Crippen LogP contribution in [-0.4, -0.2) is 59.5 Å². The van der Waals surface area contributed by atoms with Crippen LogP contribution in [-0.2, 0) is 11.5 Å². The summed E-state index contributed by atoms with van der Waals surface area (Å²) in [6, 6.07) is 0.394. The predicted molar refractivity (Wildman–Crippen MR) is 77.3 cm³/mol. The van der Waals surface area contributed by atoms with Gasteiger partial charge in [-0.3, -0.25) is 9.80 Å². The van der Waals surface area contributed by atoms with E-state index in [1.807, 2.05) is 18.8 Å². The Kier molecular flexibility index (Phi) is 2.90. The Hall–Kier alpha value is -0.850. The van der Waals surface area contributed by atoms with Gasteiger partial charge in [0.1, 0.15) is 11.6 Å². The molecule has 0 spiro atoms. The van der Waals surface area contributed by atoms with Crippen LogP contribution in [0.5, 0.6) is 0 Å². The van der Waals surface area contributed by atoms with Crippen LogP contribution in [0.4, 0.5) is 5.82 Å². The molecule has 2 bridgehead atoms. The van der Waals surface area contributed by atoms with E-state index in [0.717, 1.165) is 42.8 Å². The lowest BCUT2D eigenvalue weighted by Gasteiger charge is -2.46. The molecule has 5 nitrogen and oxygen atoms in total. The Bertz CT molecular complexity index is 498. The lowest BCUT2D eigenvalue weighted by atomic mass is 10.1. The van der Waals surface area contributed by atoms with Gasteiger partial charge < -0.3 is 5.32 Å². The van der Waals surface area contributed by atoms with Crippen LogP contribution >= 0.6 is 11.8 Å². The highest BCUT2D eigenvalue weighted by Crippen LogP contribution is 2.35. The number of hydrogen-bond acceptors (Lipinski definition) is 6. The molecule has 4 aliphatic heterocycles. The van der Waals surface area contributed by atoms with Crippen molar-refractivity contribution in [1.29, 1.82) is 0 Å². The number of piperazine rings is 3. The van der Waals surface area contributed by atoms with Gasteiger partial charge in [0.15, 0.2) is 0 Å². The van der Waals surface area contributed by atoms with Gasteiger partial charge >= 0.3 is 0 Å². The van der Waals surface area contributed by atoms with Crippen molar-refractivity contribution in [2.45, 2.75) is 17.5 Å². The highest BCUT2D eigenvalue weighted by Gasteiger charge is 2.35. The topological polar surface area (TPSA) is 44.3 Å². The molecule has 1 N–H and O–H groups in total. The fourth-order valence-electron chi connectivity index (χ4n) is 3.29. The second-order valence-electron chi connectivity index (χ2n) is 5.45. The molecule has 3 fully saturated rings. The fraction of sp³-hybridized carbons (Fsp3) is 0.692. The summed E-state index contributed by atoms with van der Waals surface area (Å²) in [6.07, 6.45) is 0. The normalized spacial score (nSPS) is 32.4. The summed E-state index contributed by atoms with van der Waals surface area (Å²) >= 11 is 1.94. The summed E-state index contributed by atoms with van der Waals surface area (Å²) < 4.78 is 0. The lowest BCUT2D eigenvalue weighted by Crippen LogP contribution is -2.57. The first-order chi connectivity index (χ1) is 9.35. The lowest BCUT2D eigenvalue weighted by molar-refractivity contribution is 0.00863. The van der Waals surface area contributed by atoms with E-state index in [1.54, 1.807) is 0 Å². The first-order valence-corrected chi connectivity index (χ1v) is 8.12. The van der Waals surface area contributed by atoms with Gasteiger partial charge in [-0.25, -0.2) is 9.97 Å². The van der Waals surface area contributed by atoms with Gasteiger partial charge in [-0.1, -0.05) is 0 Å². The molecule has 1 aromatic heterocycles. The molecular weight excluding hydrogens is 258 g/mol. The number of aromatic nitrogens is 2. The summed E-state index contributed by atoms with van der Waals surface area (Å²) in [5.41, 5.74) is 2.56. The van der Waals surface area contributed by atoms with Crippen molar-refractivity contribution >= 4 is 17.6 Å². The quantitative estimate of drug-likeness (QED) is 0.868. The first-order valence-electron chi connectivity index (χ1n) is 6.97. The summed E-state index contributed by atoms with van der Waals surface area (Å²) in [5.74, 6) is 4.15. The minimum atomic E-state index is 0.394. The van der Waals surface area contributed by atoms with Crippen molar-refractivity contribution in [3.63, 3.8) is 0 Å². The van der Waals surface area contributed by atoms with Crippen LogP contribution in [0.15, 0.2) is 0 Å². The molecular formula is C13H19N5S. The van der Waals surface area contributed by atoms with Crippen molar-refractivity contribution < 1.29 is 0 Å². The van der Waals surface area contributed by atoms with E-state index in [9.17, 15) is 0 Å². The van der Waals surface area contributed by atoms with E-state index in [0.29, 0.717) is 6.04 Å². The first kappa shape index (κ1) is 11.9. The highest BCUT2D eigenvalue weighted by molar-refractivity contribution is 7.98. The van der Waals surface area contributed by atoms with Gasteiger partial charge in [0.2, 0.25) is 0 Å². The van der Waals surface area contributed by atoms with E-state index in [4.69, 9.17) is 9.97 Å². The average molecular weight is 277 g/mol. The van der Waals surface area contributed by atoms with Crippen LogP contribution in [0.3, 0.4) is 0 Å². The number of hydrogen-bond donors (Lipinski definition) is 1. The Labute approximate surface area is 117 Å². The van der Waals surface area contributed by atoms with Gasteiger partial charge in [0, 0.05) is 56.8 Å². The molecule has 1 unspecified atom stereocenters. The van der Waals surface area contributed by atoms with Crippen molar-refractivity contribution in [3.8, 4) is 0 Å². The SMILES string of the molecule is CNc1nc(C2CN3CCN2CC3)nc2c1CSC2. The number of fused-ring (bicyclic) bond motifs is 4. The standard InChI is InChI=1S/C13H19N5S/c1-14-12-9-7-19-8-10(9)15-13(16-12)11-6-17-2-4-18(11)5-3-17/h11H,2-8H2,1H3,(H,14,15,16). The molecule has 5 rings (SSSR count). The minimum absolute atomic E-state index is 0.394. The van der Waals surface area contributed by atoms with E-state index in [2.05, 4.69) is 15.1 Å². The molecule has 19 heavy (non-hydrogen) atoms. The molecule has 102 valence electrons. The van der Waals surface area contributed by atoms with Crippen LogP contribution < -0.4 is 5.32 Å². The maximum absolute atomic E-state index is 4.86. The molecule has 5 heterocycles. The number of nitrogens with one attached hydrogen (secondary N) is 1. The van der Waals surface area contributed by atoms with Gasteiger partial charge in [0.05, 0.1) is 11.7 Å². The third-order valence-corrected chi connectivity index (χ3v) is 5.38. The van der Waals surface area contributed by atoms with Crippen molar-refractivity contribution in [2.75, 3.05) is 45.1 Å². The Morgan fingerprint density at radius 1 is 1.16 bits per heavy atom. The molecule has 0 aromatic carbocycles. The zero-order valence-electron chi connectivity index (χ0n) is 11.2. The van der Waals surface area contributed by atoms with Gasteiger partial charge in [-0.15, -0.1) is 0 Å². The minimum Gasteiger partial charge on any atom is -0.373 e. The van der Waals surface area contributed by atoms with Crippen LogP contribution in [0, 0.1) is 0 Å². The average Bonchev–Trinajstić information content (AvgIpc) is 2.95. The Balaban J connectivity index is 1.71. The smallest absolute Gasteiger partial charge is 0.149 e. The zero-order chi connectivity index (χ0) is 12.8. The molecule has 6 heteroatoms. The molecule has 0 radical (unpaired) electrons. The van der Waals surface area contributed by atoms with Crippen molar-refractivity contribution in [2.24, 2.45) is 0 Å². The van der Waals surface area contributed by atoms with Crippen LogP contribution in [0.25, 0.3) is 0 Å². The number of anilines is 1. The van der Waals surface area contributed by atoms with E-state index >= 15 is 0 Å². The van der Waals surface area contributed by atoms with Crippen molar-refractivity contribution in [3.05, 3.63) is 17.1 Å². The number of thioether (sulfide) groups is 1. The second kappa shape index (κ2) is 4.61. The van der Waals surface area contributed by atoms with Gasteiger partial charge in [-0.05, 0) is 0 Å². The van der Waals surface area contributed by atoms with E-state index in [-0.39, 0.29) is 0 Å². The molecule has 4 aliphatic rings. The second-order valence-corrected chi connectivity index (χ2v) is 6.44. The van der Waals surface area contributed by atoms with Crippen LogP contribution in [0.2, 0.25) is 0 Å². The summed E-state index contributed by atoms with van der Waals surface area (Å²) in [6.45, 7) is 5.82. The molecule has 1 atom stereocenters. The number of rotatable bonds is 2. The molecule has 0 amide bonds. The van der Waals surface area contributed by atoms with E-state index < -0.39 is 0 Å². The van der Waals surface area contributed by atoms with Gasteiger partial charge in [0.25, 0.3) is 0 Å². The summed E-state index contributed by atoms with van der Waals surface area (Å²) in [4.78, 5) is 14.7. The van der Waals surface area contributed by atoms with E-state index in [1.165, 1.54) is 24.3 Å². The maximum atomic E-state index is 4.86. The predicted octanol–water partition coefficient (Wildman–Crippen LogP) is 0.937. The van der Waals surface area contributed by atoms with Crippen molar-refractivity contribution in [1.82, 2.24) is 19.8 Å². The molecule has 1 aromatic rings. The Morgan fingerprint density at radius 2 is 2.00 bits per heavy atom. The van der Waals surface area contributed by atoms with Crippen LogP contribution in [0.1, 0.15) is 23.1 Å². The Morgan fingerprint density at radius 3 is 2.68 bits per heavy atom. The summed E-state index contributed by atoms with van der Waals surface area (Å²) in [5, 5.41) is 3.25. The fourth-order valence-corrected chi connectivity index (χ4v) is 4.33. The molecule has 3 saturated heterocycles. The summed E-state index contributed by atoms with van der Waals surface area (Å²) in [7, 11) is 1.96. The number of nitrogens with zero attached hydrogens (tertiary/aromatic N) is 4. The van der Waals surface area contributed by atoms with Gasteiger partial charge in [-0.2, -0.15) is 11.8 Å². The highest BCUT2D eigenvalue weighted by atomic mass is 32.2. The monoisotopic (exact) mass is 277 g/mol. The maximum Gasteiger partial charge on any atom is 0.149 e. The zero-order valence-corrected chi connectivity index (χ0v) is 12.0. The third kappa shape index (κ3) is 1.93.